The van der Waals surface area contributed by atoms with Crippen molar-refractivity contribution in [2.45, 2.75) is 156 Å². The highest BCUT2D eigenvalue weighted by atomic mass is 16.7. The van der Waals surface area contributed by atoms with Crippen LogP contribution in [0.3, 0.4) is 0 Å². The molecule has 5 aliphatic carbocycles. The van der Waals surface area contributed by atoms with Gasteiger partial charge in [-0.25, -0.2) is 0 Å². The van der Waals surface area contributed by atoms with Crippen LogP contribution in [0.5, 0.6) is 0 Å². The maximum atomic E-state index is 10.7. The highest BCUT2D eigenvalue weighted by Crippen LogP contribution is 2.75. The molecule has 6 heteroatoms. The van der Waals surface area contributed by atoms with E-state index in [4.69, 9.17) is 9.47 Å². The Balaban J connectivity index is 1.27. The Bertz CT molecular complexity index is 1080. The molecule has 4 saturated carbocycles. The van der Waals surface area contributed by atoms with Gasteiger partial charge in [0.05, 0.1) is 12.7 Å². The molecule has 0 aromatic heterocycles. The molecule has 0 amide bonds. The summed E-state index contributed by atoms with van der Waals surface area (Å²) in [6, 6.07) is 0. The van der Waals surface area contributed by atoms with Crippen LogP contribution in [0.1, 0.15) is 120 Å². The Morgan fingerprint density at radius 3 is 2.19 bits per heavy atom. The van der Waals surface area contributed by atoms with Crippen molar-refractivity contribution >= 4 is 0 Å². The van der Waals surface area contributed by atoms with Crippen molar-refractivity contribution in [1.29, 1.82) is 0 Å². The van der Waals surface area contributed by atoms with Crippen molar-refractivity contribution in [3.8, 4) is 0 Å². The maximum Gasteiger partial charge on any atom is 0.186 e. The molecular weight excluding hydrogens is 528 g/mol. The van der Waals surface area contributed by atoms with Gasteiger partial charge in [-0.1, -0.05) is 67.0 Å². The third-order valence-corrected chi connectivity index (χ3v) is 15.1. The molecule has 0 spiro atoms. The second kappa shape index (κ2) is 10.00. The molecule has 0 radical (unpaired) electrons. The average Bonchev–Trinajstić information content (AvgIpc) is 2.91. The van der Waals surface area contributed by atoms with E-state index < -0.39 is 37.3 Å². The van der Waals surface area contributed by atoms with E-state index in [0.717, 1.165) is 12.8 Å². The van der Waals surface area contributed by atoms with E-state index in [-0.39, 0.29) is 27.8 Å². The summed E-state index contributed by atoms with van der Waals surface area (Å²) in [7, 11) is 0. The minimum Gasteiger partial charge on any atom is -0.394 e. The Morgan fingerprint density at radius 2 is 1.50 bits per heavy atom. The molecule has 1 aliphatic heterocycles. The zero-order chi connectivity index (χ0) is 30.7. The molecule has 240 valence electrons. The second-order valence-corrected chi connectivity index (χ2v) is 18.1. The van der Waals surface area contributed by atoms with E-state index in [2.05, 4.69) is 61.5 Å². The molecule has 13 unspecified atom stereocenters. The van der Waals surface area contributed by atoms with Crippen molar-refractivity contribution in [3.05, 3.63) is 11.6 Å². The number of ether oxygens (including phenoxy) is 2. The molecule has 1 saturated heterocycles. The monoisotopic (exact) mass is 588 g/mol. The summed E-state index contributed by atoms with van der Waals surface area (Å²) in [5.74, 6) is 1.79. The van der Waals surface area contributed by atoms with Crippen molar-refractivity contribution in [1.82, 2.24) is 0 Å². The molecule has 4 N–H and O–H groups in total. The standard InChI is InChI=1S/C36H60O6/c1-31(2)15-16-33(5)17-18-35(7)21(22(33)19-31)9-10-25-34(6)13-12-26(32(3,4)24(34)11-14-36(25,35)8)42-30-29(40)28(39)27(38)23(20-37)41-30/h9,22-30,37-40H,10-20H2,1-8H3. The van der Waals surface area contributed by atoms with Crippen LogP contribution in [-0.2, 0) is 9.47 Å². The molecule has 0 aromatic carbocycles. The first-order valence-electron chi connectivity index (χ1n) is 17.1. The topological polar surface area (TPSA) is 99.4 Å². The number of aliphatic hydroxyl groups is 4. The van der Waals surface area contributed by atoms with Gasteiger partial charge in [-0.15, -0.1) is 0 Å². The molecule has 0 aromatic rings. The quantitative estimate of drug-likeness (QED) is 0.239. The van der Waals surface area contributed by atoms with Crippen LogP contribution in [0.2, 0.25) is 0 Å². The summed E-state index contributed by atoms with van der Waals surface area (Å²) >= 11 is 0. The van der Waals surface area contributed by atoms with Gasteiger partial charge < -0.3 is 29.9 Å². The predicted molar refractivity (Wildman–Crippen MR) is 163 cm³/mol. The summed E-state index contributed by atoms with van der Waals surface area (Å²) in [6.07, 6.45) is 8.65. The first-order chi connectivity index (χ1) is 19.4. The summed E-state index contributed by atoms with van der Waals surface area (Å²) in [6.45, 7) is 19.7. The average molecular weight is 589 g/mol. The van der Waals surface area contributed by atoms with Gasteiger partial charge >= 0.3 is 0 Å². The van der Waals surface area contributed by atoms with Gasteiger partial charge in [0, 0.05) is 0 Å². The molecule has 0 bridgehead atoms. The zero-order valence-corrected chi connectivity index (χ0v) is 27.7. The van der Waals surface area contributed by atoms with Crippen LogP contribution < -0.4 is 0 Å². The van der Waals surface area contributed by atoms with Crippen LogP contribution in [0.15, 0.2) is 11.6 Å². The Hall–Kier alpha value is -0.500. The van der Waals surface area contributed by atoms with Gasteiger partial charge in [-0.3, -0.25) is 0 Å². The van der Waals surface area contributed by atoms with Gasteiger partial charge in [-0.05, 0) is 114 Å². The minimum atomic E-state index is -1.41. The summed E-state index contributed by atoms with van der Waals surface area (Å²) in [5, 5.41) is 41.0. The molecule has 6 aliphatic rings. The molecule has 6 rings (SSSR count). The number of hydrogen-bond donors (Lipinski definition) is 4. The van der Waals surface area contributed by atoms with Crippen LogP contribution in [0.4, 0.5) is 0 Å². The van der Waals surface area contributed by atoms with Crippen molar-refractivity contribution < 1.29 is 29.9 Å². The maximum absolute atomic E-state index is 10.7. The number of fused-ring (bicyclic) bond motifs is 7. The lowest BCUT2D eigenvalue weighted by Crippen LogP contribution is -2.65. The Labute approximate surface area is 254 Å². The van der Waals surface area contributed by atoms with Gasteiger partial charge in [0.15, 0.2) is 6.29 Å². The lowest BCUT2D eigenvalue weighted by atomic mass is 9.33. The smallest absolute Gasteiger partial charge is 0.186 e. The Morgan fingerprint density at radius 1 is 0.810 bits per heavy atom. The molecule has 42 heavy (non-hydrogen) atoms. The Kier molecular flexibility index (Phi) is 7.49. The van der Waals surface area contributed by atoms with Crippen LogP contribution in [0, 0.1) is 50.2 Å². The summed E-state index contributed by atoms with van der Waals surface area (Å²) in [5.41, 5.74) is 3.23. The fourth-order valence-corrected chi connectivity index (χ4v) is 12.1. The van der Waals surface area contributed by atoms with Gasteiger partial charge in [0.25, 0.3) is 0 Å². The first-order valence-corrected chi connectivity index (χ1v) is 17.1. The van der Waals surface area contributed by atoms with E-state index >= 15 is 0 Å². The van der Waals surface area contributed by atoms with E-state index in [1.807, 2.05) is 5.57 Å². The third kappa shape index (κ3) is 4.31. The lowest BCUT2D eigenvalue weighted by Gasteiger charge is -2.71. The fraction of sp³-hybridized carbons (Fsp3) is 0.944. The summed E-state index contributed by atoms with van der Waals surface area (Å²) < 4.78 is 12.3. The number of allylic oxidation sites excluding steroid dienone is 2. The SMILES string of the molecule is CC1(C)CCC2(C)CCC3(C)C(=CCC4C5(C)CCC(OC6OC(CO)C(O)C(O)C6O)C(C)(C)C5CCC43C)C2C1. The van der Waals surface area contributed by atoms with Gasteiger partial charge in [0.2, 0.25) is 0 Å². The minimum absolute atomic E-state index is 0.147. The normalized spacial score (nSPS) is 55.0. The number of aliphatic hydroxyl groups excluding tert-OH is 4. The first kappa shape index (κ1) is 31.5. The van der Waals surface area contributed by atoms with E-state index in [0.29, 0.717) is 28.6 Å². The highest BCUT2D eigenvalue weighted by molar-refractivity contribution is 5.33. The predicted octanol–water partition coefficient (Wildman–Crippen LogP) is 5.99. The van der Waals surface area contributed by atoms with Crippen molar-refractivity contribution in [3.63, 3.8) is 0 Å². The molecule has 5 fully saturated rings. The van der Waals surface area contributed by atoms with E-state index in [1.54, 1.807) is 0 Å². The number of hydrogen-bond acceptors (Lipinski definition) is 6. The largest absolute Gasteiger partial charge is 0.394 e. The molecule has 13 atom stereocenters. The second-order valence-electron chi connectivity index (χ2n) is 18.1. The molecular formula is C36H60O6. The summed E-state index contributed by atoms with van der Waals surface area (Å²) in [4.78, 5) is 0. The lowest BCUT2D eigenvalue weighted by molar-refractivity contribution is -0.330. The van der Waals surface area contributed by atoms with Crippen LogP contribution >= 0.6 is 0 Å². The van der Waals surface area contributed by atoms with Gasteiger partial charge in [0.1, 0.15) is 24.4 Å². The van der Waals surface area contributed by atoms with Crippen LogP contribution in [0.25, 0.3) is 0 Å². The third-order valence-electron chi connectivity index (χ3n) is 15.1. The fourth-order valence-electron chi connectivity index (χ4n) is 12.1. The van der Waals surface area contributed by atoms with E-state index in [9.17, 15) is 20.4 Å². The van der Waals surface area contributed by atoms with Gasteiger partial charge in [-0.2, -0.15) is 0 Å². The number of rotatable bonds is 3. The highest BCUT2D eigenvalue weighted by Gasteiger charge is 2.68. The van der Waals surface area contributed by atoms with Crippen molar-refractivity contribution in [2.24, 2.45) is 50.2 Å². The molecule has 1 heterocycles. The van der Waals surface area contributed by atoms with E-state index in [1.165, 1.54) is 51.4 Å². The van der Waals surface area contributed by atoms with Crippen molar-refractivity contribution in [2.75, 3.05) is 6.61 Å². The van der Waals surface area contributed by atoms with Crippen LogP contribution in [-0.4, -0.2) is 63.8 Å². The molecule has 6 nitrogen and oxygen atoms in total. The zero-order valence-electron chi connectivity index (χ0n) is 27.7.